The van der Waals surface area contributed by atoms with Gasteiger partial charge in [0.05, 0.1) is 0 Å². The van der Waals surface area contributed by atoms with E-state index in [1.807, 2.05) is 12.1 Å². The lowest BCUT2D eigenvalue weighted by Crippen LogP contribution is -2.53. The van der Waals surface area contributed by atoms with Crippen molar-refractivity contribution in [1.29, 1.82) is 0 Å². The van der Waals surface area contributed by atoms with E-state index in [2.05, 4.69) is 29.7 Å². The van der Waals surface area contributed by atoms with Crippen molar-refractivity contribution in [3.05, 3.63) is 29.8 Å². The molecule has 1 saturated heterocycles. The van der Waals surface area contributed by atoms with E-state index in [1.165, 1.54) is 13.0 Å². The van der Waals surface area contributed by atoms with Gasteiger partial charge in [0.1, 0.15) is 5.75 Å². The van der Waals surface area contributed by atoms with Crippen LogP contribution in [0.3, 0.4) is 0 Å². The number of nitrogens with zero attached hydrogens (tertiary/aromatic N) is 2. The number of nitrogens with two attached hydrogens (primary N) is 1. The summed E-state index contributed by atoms with van der Waals surface area (Å²) in [5, 5.41) is 9.65. The summed E-state index contributed by atoms with van der Waals surface area (Å²) in [6.07, 6.45) is 1.21. The molecular formula is C16H27N3O. The van der Waals surface area contributed by atoms with Crippen LogP contribution in [0.5, 0.6) is 5.75 Å². The molecule has 112 valence electrons. The number of aromatic hydroxyl groups is 1. The van der Waals surface area contributed by atoms with Crippen molar-refractivity contribution in [3.63, 3.8) is 0 Å². The van der Waals surface area contributed by atoms with Crippen LogP contribution in [0.2, 0.25) is 0 Å². The monoisotopic (exact) mass is 277 g/mol. The lowest BCUT2D eigenvalue weighted by atomic mass is 10.0. The third-order valence-electron chi connectivity index (χ3n) is 4.23. The Kier molecular flexibility index (Phi) is 5.40. The average Bonchev–Trinajstić information content (AvgIpc) is 2.43. The van der Waals surface area contributed by atoms with E-state index in [-0.39, 0.29) is 6.04 Å². The van der Waals surface area contributed by atoms with Crippen LogP contribution in [0.25, 0.3) is 0 Å². The fraction of sp³-hybridized carbons (Fsp3) is 0.625. The maximum Gasteiger partial charge on any atom is 0.115 e. The van der Waals surface area contributed by atoms with Crippen molar-refractivity contribution in [1.82, 2.24) is 9.80 Å². The summed E-state index contributed by atoms with van der Waals surface area (Å²) in [7, 11) is 0. The smallest absolute Gasteiger partial charge is 0.115 e. The molecule has 2 unspecified atom stereocenters. The van der Waals surface area contributed by atoms with E-state index in [0.29, 0.717) is 18.3 Å². The predicted molar refractivity (Wildman–Crippen MR) is 82.8 cm³/mol. The molecular weight excluding hydrogens is 250 g/mol. The second kappa shape index (κ2) is 7.07. The number of benzene rings is 1. The van der Waals surface area contributed by atoms with Crippen LogP contribution in [0.4, 0.5) is 0 Å². The Hall–Kier alpha value is -1.10. The molecule has 0 aromatic heterocycles. The van der Waals surface area contributed by atoms with Crippen LogP contribution >= 0.6 is 0 Å². The van der Waals surface area contributed by atoms with Crippen molar-refractivity contribution in [2.75, 3.05) is 32.7 Å². The van der Waals surface area contributed by atoms with Gasteiger partial charge < -0.3 is 10.8 Å². The minimum atomic E-state index is 0.202. The van der Waals surface area contributed by atoms with Crippen LogP contribution in [-0.2, 0) is 0 Å². The molecule has 0 amide bonds. The molecule has 1 aromatic carbocycles. The first-order valence-corrected chi connectivity index (χ1v) is 7.62. The van der Waals surface area contributed by atoms with Crippen molar-refractivity contribution in [2.45, 2.75) is 32.4 Å². The number of hydrogen-bond acceptors (Lipinski definition) is 4. The van der Waals surface area contributed by atoms with Gasteiger partial charge in [-0.3, -0.25) is 9.80 Å². The van der Waals surface area contributed by atoms with Crippen molar-refractivity contribution >= 4 is 0 Å². The van der Waals surface area contributed by atoms with Crippen LogP contribution in [0, 0.1) is 0 Å². The molecule has 0 spiro atoms. The summed E-state index contributed by atoms with van der Waals surface area (Å²) >= 11 is 0. The Bertz CT molecular complexity index is 424. The molecule has 2 atom stereocenters. The number of hydrogen-bond donors (Lipinski definition) is 2. The third-order valence-corrected chi connectivity index (χ3v) is 4.23. The molecule has 1 aromatic rings. The second-order valence-electron chi connectivity index (χ2n) is 5.73. The molecule has 20 heavy (non-hydrogen) atoms. The topological polar surface area (TPSA) is 52.7 Å². The lowest BCUT2D eigenvalue weighted by Gasteiger charge is -2.43. The molecule has 4 nitrogen and oxygen atoms in total. The van der Waals surface area contributed by atoms with E-state index >= 15 is 0 Å². The van der Waals surface area contributed by atoms with E-state index in [0.717, 1.165) is 25.2 Å². The van der Waals surface area contributed by atoms with Gasteiger partial charge in [0.15, 0.2) is 0 Å². The van der Waals surface area contributed by atoms with E-state index < -0.39 is 0 Å². The van der Waals surface area contributed by atoms with Gasteiger partial charge >= 0.3 is 0 Å². The zero-order valence-corrected chi connectivity index (χ0v) is 12.6. The van der Waals surface area contributed by atoms with E-state index in [4.69, 9.17) is 5.73 Å². The van der Waals surface area contributed by atoms with E-state index in [1.54, 1.807) is 6.07 Å². The molecule has 3 N–H and O–H groups in total. The predicted octanol–water partition coefficient (Wildman–Crippen LogP) is 1.81. The fourth-order valence-corrected chi connectivity index (χ4v) is 3.15. The SMILES string of the molecule is CCCN1CCN(C(CN)c2cccc(O)c2)CC1C. The highest BCUT2D eigenvalue weighted by molar-refractivity contribution is 5.29. The van der Waals surface area contributed by atoms with Gasteiger partial charge in [-0.15, -0.1) is 0 Å². The van der Waals surface area contributed by atoms with E-state index in [9.17, 15) is 5.11 Å². The summed E-state index contributed by atoms with van der Waals surface area (Å²) in [5.74, 6) is 0.318. The molecule has 0 radical (unpaired) electrons. The first-order chi connectivity index (χ1) is 9.65. The number of phenolic OH excluding ortho intramolecular Hbond substituents is 1. The molecule has 0 saturated carbocycles. The van der Waals surface area contributed by atoms with Gasteiger partial charge in [0.25, 0.3) is 0 Å². The number of phenols is 1. The molecule has 1 aliphatic rings. The Balaban J connectivity index is 2.06. The van der Waals surface area contributed by atoms with Gasteiger partial charge in [-0.2, -0.15) is 0 Å². The second-order valence-corrected chi connectivity index (χ2v) is 5.73. The first kappa shape index (κ1) is 15.3. The average molecular weight is 277 g/mol. The molecule has 1 aliphatic heterocycles. The summed E-state index contributed by atoms with van der Waals surface area (Å²) in [6.45, 7) is 9.47. The first-order valence-electron chi connectivity index (χ1n) is 7.62. The van der Waals surface area contributed by atoms with Crippen LogP contribution in [-0.4, -0.2) is 53.7 Å². The molecule has 1 fully saturated rings. The largest absolute Gasteiger partial charge is 0.508 e. The maximum absolute atomic E-state index is 9.65. The van der Waals surface area contributed by atoms with Crippen LogP contribution < -0.4 is 5.73 Å². The minimum Gasteiger partial charge on any atom is -0.508 e. The van der Waals surface area contributed by atoms with Crippen LogP contribution in [0.15, 0.2) is 24.3 Å². The minimum absolute atomic E-state index is 0.202. The Labute approximate surface area is 122 Å². The Morgan fingerprint density at radius 3 is 2.80 bits per heavy atom. The zero-order chi connectivity index (χ0) is 14.5. The molecule has 0 bridgehead atoms. The Morgan fingerprint density at radius 2 is 2.20 bits per heavy atom. The van der Waals surface area contributed by atoms with Gasteiger partial charge in [-0.05, 0) is 37.6 Å². The lowest BCUT2D eigenvalue weighted by molar-refractivity contribution is 0.0571. The summed E-state index contributed by atoms with van der Waals surface area (Å²) < 4.78 is 0. The van der Waals surface area contributed by atoms with Crippen LogP contribution in [0.1, 0.15) is 31.9 Å². The summed E-state index contributed by atoms with van der Waals surface area (Å²) in [4.78, 5) is 5.00. The highest BCUT2D eigenvalue weighted by atomic mass is 16.3. The van der Waals surface area contributed by atoms with Gasteiger partial charge in [-0.25, -0.2) is 0 Å². The third kappa shape index (κ3) is 3.51. The van der Waals surface area contributed by atoms with Crippen molar-refractivity contribution < 1.29 is 5.11 Å². The quantitative estimate of drug-likeness (QED) is 0.862. The van der Waals surface area contributed by atoms with Gasteiger partial charge in [0.2, 0.25) is 0 Å². The highest BCUT2D eigenvalue weighted by Gasteiger charge is 2.28. The summed E-state index contributed by atoms with van der Waals surface area (Å²) in [6, 6.07) is 8.26. The Morgan fingerprint density at radius 1 is 1.40 bits per heavy atom. The van der Waals surface area contributed by atoms with Crippen molar-refractivity contribution in [3.8, 4) is 5.75 Å². The molecule has 1 heterocycles. The zero-order valence-electron chi connectivity index (χ0n) is 12.6. The number of piperazine rings is 1. The standard InChI is InChI=1S/C16H27N3O/c1-3-7-18-8-9-19(12-13(18)2)16(11-17)14-5-4-6-15(20)10-14/h4-6,10,13,16,20H,3,7-9,11-12,17H2,1-2H3. The normalized spacial score (nSPS) is 22.9. The molecule has 4 heteroatoms. The van der Waals surface area contributed by atoms with Gasteiger partial charge in [0, 0.05) is 38.3 Å². The molecule has 0 aliphatic carbocycles. The summed E-state index contributed by atoms with van der Waals surface area (Å²) in [5.41, 5.74) is 7.10. The maximum atomic E-state index is 9.65. The number of rotatable bonds is 5. The fourth-order valence-electron chi connectivity index (χ4n) is 3.15. The molecule has 2 rings (SSSR count). The van der Waals surface area contributed by atoms with Crippen molar-refractivity contribution in [2.24, 2.45) is 5.73 Å². The van der Waals surface area contributed by atoms with Gasteiger partial charge in [-0.1, -0.05) is 19.1 Å². The highest BCUT2D eigenvalue weighted by Crippen LogP contribution is 2.25.